The van der Waals surface area contributed by atoms with Crippen molar-refractivity contribution >= 4 is 11.9 Å². The van der Waals surface area contributed by atoms with Gasteiger partial charge >= 0.3 is 6.03 Å². The maximum absolute atomic E-state index is 12.6. The summed E-state index contributed by atoms with van der Waals surface area (Å²) in [4.78, 5) is 26.8. The van der Waals surface area contributed by atoms with Crippen LogP contribution in [0.15, 0.2) is 18.2 Å². The fraction of sp³-hybridized carbons (Fsp3) is 0.652. The van der Waals surface area contributed by atoms with E-state index in [1.54, 1.807) is 14.2 Å². The summed E-state index contributed by atoms with van der Waals surface area (Å²) in [5.41, 5.74) is 1.07. The molecule has 8 heteroatoms. The fourth-order valence-corrected chi connectivity index (χ4v) is 4.34. The first-order valence-electron chi connectivity index (χ1n) is 11.4. The van der Waals surface area contributed by atoms with Crippen molar-refractivity contribution in [2.75, 3.05) is 40.4 Å². The average molecular weight is 433 g/mol. The largest absolute Gasteiger partial charge is 0.493 e. The number of hydrogen-bond acceptors (Lipinski definition) is 5. The van der Waals surface area contributed by atoms with Crippen LogP contribution in [0.4, 0.5) is 4.79 Å². The molecular formula is C23H36N4O4. The van der Waals surface area contributed by atoms with E-state index in [1.807, 2.05) is 23.1 Å². The molecule has 1 saturated carbocycles. The Hall–Kier alpha value is -2.48. The van der Waals surface area contributed by atoms with E-state index < -0.39 is 0 Å². The molecule has 3 rings (SSSR count). The number of methoxy groups -OCH3 is 2. The van der Waals surface area contributed by atoms with E-state index >= 15 is 0 Å². The zero-order valence-corrected chi connectivity index (χ0v) is 18.7. The van der Waals surface area contributed by atoms with E-state index in [2.05, 4.69) is 16.0 Å². The second-order valence-corrected chi connectivity index (χ2v) is 8.37. The standard InChI is InChI=1S/C23H36N4O4/c1-30-20-9-8-17(14-21(20)31-2)10-11-25-22(28)15-19-16-27(13-12-24-19)23(29)26-18-6-4-3-5-7-18/h8-9,14,18-19,24H,3-7,10-13,15-16H2,1-2H3,(H,25,28)(H,26,29). The number of hydrogen-bond donors (Lipinski definition) is 3. The molecule has 3 amide bonds. The lowest BCUT2D eigenvalue weighted by atomic mass is 9.96. The third-order valence-electron chi connectivity index (χ3n) is 6.09. The molecular weight excluding hydrogens is 396 g/mol. The van der Waals surface area contributed by atoms with Crippen LogP contribution in [0.25, 0.3) is 0 Å². The highest BCUT2D eigenvalue weighted by molar-refractivity contribution is 5.77. The van der Waals surface area contributed by atoms with Crippen LogP contribution in [-0.4, -0.2) is 69.3 Å². The Balaban J connectivity index is 1.39. The number of carbonyl (C=O) groups is 2. The summed E-state index contributed by atoms with van der Waals surface area (Å²) in [6.45, 7) is 2.49. The molecule has 0 aromatic heterocycles. The molecule has 0 radical (unpaired) electrons. The minimum Gasteiger partial charge on any atom is -0.493 e. The number of nitrogens with one attached hydrogen (secondary N) is 3. The summed E-state index contributed by atoms with van der Waals surface area (Å²) in [7, 11) is 3.22. The van der Waals surface area contributed by atoms with Crippen molar-refractivity contribution in [1.29, 1.82) is 0 Å². The third-order valence-corrected chi connectivity index (χ3v) is 6.09. The lowest BCUT2D eigenvalue weighted by Crippen LogP contribution is -2.57. The molecule has 1 aromatic carbocycles. The van der Waals surface area contributed by atoms with Crippen LogP contribution in [0.2, 0.25) is 0 Å². The molecule has 2 aliphatic rings. The zero-order valence-electron chi connectivity index (χ0n) is 18.7. The predicted molar refractivity (Wildman–Crippen MR) is 120 cm³/mol. The van der Waals surface area contributed by atoms with Gasteiger partial charge in [-0.25, -0.2) is 4.79 Å². The Labute approximate surface area is 185 Å². The van der Waals surface area contributed by atoms with Gasteiger partial charge in [0.1, 0.15) is 0 Å². The molecule has 1 aliphatic heterocycles. The number of nitrogens with zero attached hydrogens (tertiary/aromatic N) is 1. The van der Waals surface area contributed by atoms with E-state index in [9.17, 15) is 9.59 Å². The molecule has 1 aliphatic carbocycles. The van der Waals surface area contributed by atoms with Crippen molar-refractivity contribution in [1.82, 2.24) is 20.9 Å². The molecule has 3 N–H and O–H groups in total. The number of benzene rings is 1. The van der Waals surface area contributed by atoms with E-state index in [0.717, 1.165) is 18.4 Å². The van der Waals surface area contributed by atoms with Crippen molar-refractivity contribution in [3.63, 3.8) is 0 Å². The molecule has 172 valence electrons. The third kappa shape index (κ3) is 7.02. The smallest absolute Gasteiger partial charge is 0.317 e. The number of carbonyl (C=O) groups excluding carboxylic acids is 2. The van der Waals surface area contributed by atoms with E-state index in [4.69, 9.17) is 9.47 Å². The molecule has 1 saturated heterocycles. The molecule has 31 heavy (non-hydrogen) atoms. The minimum absolute atomic E-state index is 0.00672. The number of piperazine rings is 1. The zero-order chi connectivity index (χ0) is 22.1. The highest BCUT2D eigenvalue weighted by atomic mass is 16.5. The Kier molecular flexibility index (Phi) is 8.82. The van der Waals surface area contributed by atoms with Gasteiger partial charge in [-0.15, -0.1) is 0 Å². The van der Waals surface area contributed by atoms with Gasteiger partial charge < -0.3 is 30.3 Å². The maximum atomic E-state index is 12.6. The van der Waals surface area contributed by atoms with Crippen molar-refractivity contribution in [2.24, 2.45) is 0 Å². The molecule has 0 bridgehead atoms. The summed E-state index contributed by atoms with van der Waals surface area (Å²) in [6.07, 6.45) is 6.87. The highest BCUT2D eigenvalue weighted by Gasteiger charge is 2.26. The number of rotatable bonds is 8. The number of amides is 3. The average Bonchev–Trinajstić information content (AvgIpc) is 2.79. The lowest BCUT2D eigenvalue weighted by molar-refractivity contribution is -0.121. The first-order valence-corrected chi connectivity index (χ1v) is 11.4. The van der Waals surface area contributed by atoms with Gasteiger partial charge in [0.15, 0.2) is 11.5 Å². The molecule has 1 atom stereocenters. The van der Waals surface area contributed by atoms with Gasteiger partial charge in [0.2, 0.25) is 5.91 Å². The van der Waals surface area contributed by atoms with Crippen molar-refractivity contribution in [3.05, 3.63) is 23.8 Å². The molecule has 1 unspecified atom stereocenters. The number of ether oxygens (including phenoxy) is 2. The Morgan fingerprint density at radius 2 is 1.90 bits per heavy atom. The molecule has 0 spiro atoms. The monoisotopic (exact) mass is 432 g/mol. The van der Waals surface area contributed by atoms with Crippen LogP contribution >= 0.6 is 0 Å². The molecule has 1 heterocycles. The van der Waals surface area contributed by atoms with Gasteiger partial charge in [0, 0.05) is 44.7 Å². The lowest BCUT2D eigenvalue weighted by Gasteiger charge is -2.35. The molecule has 1 aromatic rings. The van der Waals surface area contributed by atoms with E-state index in [-0.39, 0.29) is 18.0 Å². The summed E-state index contributed by atoms with van der Waals surface area (Å²) < 4.78 is 10.6. The Morgan fingerprint density at radius 3 is 2.65 bits per heavy atom. The van der Waals surface area contributed by atoms with Crippen LogP contribution in [0, 0.1) is 0 Å². The second kappa shape index (κ2) is 11.8. The van der Waals surface area contributed by atoms with E-state index in [0.29, 0.717) is 56.6 Å². The number of urea groups is 1. The Bertz CT molecular complexity index is 736. The first kappa shape index (κ1) is 23.2. The van der Waals surface area contributed by atoms with Gasteiger partial charge in [-0.3, -0.25) is 4.79 Å². The van der Waals surface area contributed by atoms with Crippen LogP contribution < -0.4 is 25.4 Å². The maximum Gasteiger partial charge on any atom is 0.317 e. The summed E-state index contributed by atoms with van der Waals surface area (Å²) >= 11 is 0. The highest BCUT2D eigenvalue weighted by Crippen LogP contribution is 2.27. The van der Waals surface area contributed by atoms with Crippen LogP contribution in [0.1, 0.15) is 44.1 Å². The van der Waals surface area contributed by atoms with Gasteiger partial charge in [0.25, 0.3) is 0 Å². The SMILES string of the molecule is COc1ccc(CCNC(=O)CC2CN(C(=O)NC3CCCCC3)CCN2)cc1OC. The minimum atomic E-state index is -0.0214. The summed E-state index contributed by atoms with van der Waals surface area (Å²) in [6, 6.07) is 6.05. The normalized spacial score (nSPS) is 19.5. The second-order valence-electron chi connectivity index (χ2n) is 8.37. The molecule has 2 fully saturated rings. The molecule has 8 nitrogen and oxygen atoms in total. The quantitative estimate of drug-likeness (QED) is 0.585. The topological polar surface area (TPSA) is 91.9 Å². The Morgan fingerprint density at radius 1 is 1.13 bits per heavy atom. The fourth-order valence-electron chi connectivity index (χ4n) is 4.34. The van der Waals surface area contributed by atoms with Gasteiger partial charge in [-0.05, 0) is 37.0 Å². The van der Waals surface area contributed by atoms with Crippen LogP contribution in [-0.2, 0) is 11.2 Å². The van der Waals surface area contributed by atoms with Crippen LogP contribution in [0.3, 0.4) is 0 Å². The van der Waals surface area contributed by atoms with Gasteiger partial charge in [-0.2, -0.15) is 0 Å². The van der Waals surface area contributed by atoms with Gasteiger partial charge in [-0.1, -0.05) is 25.3 Å². The summed E-state index contributed by atoms with van der Waals surface area (Å²) in [5, 5.41) is 9.52. The van der Waals surface area contributed by atoms with Crippen LogP contribution in [0.5, 0.6) is 11.5 Å². The summed E-state index contributed by atoms with van der Waals surface area (Å²) in [5.74, 6) is 1.37. The first-order chi connectivity index (χ1) is 15.1. The van der Waals surface area contributed by atoms with Gasteiger partial charge in [0.05, 0.1) is 14.2 Å². The van der Waals surface area contributed by atoms with Crippen molar-refractivity contribution in [3.8, 4) is 11.5 Å². The van der Waals surface area contributed by atoms with Crippen molar-refractivity contribution in [2.45, 2.75) is 57.0 Å². The van der Waals surface area contributed by atoms with Crippen molar-refractivity contribution < 1.29 is 19.1 Å². The van der Waals surface area contributed by atoms with E-state index in [1.165, 1.54) is 19.3 Å². The predicted octanol–water partition coefficient (Wildman–Crippen LogP) is 2.07.